The number of rotatable bonds is 13. The summed E-state index contributed by atoms with van der Waals surface area (Å²) in [4.78, 5) is 13.5. The number of aryl methyl sites for hydroxylation is 1. The van der Waals surface area contributed by atoms with Gasteiger partial charge in [0.2, 0.25) is 0 Å². The predicted octanol–water partition coefficient (Wildman–Crippen LogP) is 12.7. The quantitative estimate of drug-likeness (QED) is 0.118. The zero-order chi connectivity index (χ0) is 41.7. The number of benzene rings is 8. The molecule has 0 amide bonds. The van der Waals surface area contributed by atoms with Crippen LogP contribution in [-0.4, -0.2) is 18.0 Å². The molecule has 5 heteroatoms. The molecule has 0 aliphatic heterocycles. The fourth-order valence-electron chi connectivity index (χ4n) is 7.34. The van der Waals surface area contributed by atoms with Gasteiger partial charge >= 0.3 is 0 Å². The van der Waals surface area contributed by atoms with E-state index < -0.39 is 5.60 Å². The second-order valence-electron chi connectivity index (χ2n) is 14.6. The highest BCUT2D eigenvalue weighted by Crippen LogP contribution is 2.43. The minimum absolute atomic E-state index is 0.131. The molecule has 0 bridgehead atoms. The second kappa shape index (κ2) is 19.5. The van der Waals surface area contributed by atoms with Crippen LogP contribution >= 0.6 is 0 Å². The molecule has 0 aromatic heterocycles. The van der Waals surface area contributed by atoms with Crippen LogP contribution in [0.3, 0.4) is 0 Å². The van der Waals surface area contributed by atoms with Crippen molar-refractivity contribution < 1.29 is 24.1 Å². The Morgan fingerprint density at radius 2 is 0.917 bits per heavy atom. The van der Waals surface area contributed by atoms with Gasteiger partial charge in [0.1, 0.15) is 36.1 Å². The summed E-state index contributed by atoms with van der Waals surface area (Å²) in [5.41, 5.74) is 8.53. The van der Waals surface area contributed by atoms with Crippen molar-refractivity contribution in [3.8, 4) is 39.5 Å². The van der Waals surface area contributed by atoms with E-state index in [9.17, 15) is 9.90 Å². The van der Waals surface area contributed by atoms with Crippen LogP contribution in [0.5, 0.6) is 17.2 Å². The average molecular weight is 789 g/mol. The van der Waals surface area contributed by atoms with E-state index in [2.05, 4.69) is 12.1 Å². The number of ether oxygens (including phenoxy) is 3. The molecule has 0 heterocycles. The maximum atomic E-state index is 13.5. The third-order valence-corrected chi connectivity index (χ3v) is 10.4. The third-order valence-electron chi connectivity index (χ3n) is 10.4. The fraction of sp³-hybridized carbons (Fsp3) is 0.109. The van der Waals surface area contributed by atoms with Gasteiger partial charge < -0.3 is 19.3 Å². The van der Waals surface area contributed by atoms with Crippen molar-refractivity contribution in [3.63, 3.8) is 0 Å². The largest absolute Gasteiger partial charge is 0.496 e. The molecule has 1 N–H and O–H groups in total. The van der Waals surface area contributed by atoms with Gasteiger partial charge in [0.15, 0.2) is 5.78 Å². The van der Waals surface area contributed by atoms with Gasteiger partial charge in [-0.2, -0.15) is 0 Å². The lowest BCUT2D eigenvalue weighted by Gasteiger charge is -2.29. The van der Waals surface area contributed by atoms with Crippen LogP contribution < -0.4 is 14.2 Å². The van der Waals surface area contributed by atoms with E-state index in [-0.39, 0.29) is 5.78 Å². The molecule has 0 saturated carbocycles. The first-order chi connectivity index (χ1) is 29.3. The maximum Gasteiger partial charge on any atom is 0.200 e. The molecule has 298 valence electrons. The van der Waals surface area contributed by atoms with Gasteiger partial charge in [-0.3, -0.25) is 4.79 Å². The average Bonchev–Trinajstić information content (AvgIpc) is 3.31. The first-order valence-corrected chi connectivity index (χ1v) is 20.0. The normalized spacial score (nSPS) is 11.7. The number of aliphatic hydroxyl groups is 1. The molecule has 0 saturated heterocycles. The molecule has 0 radical (unpaired) electrons. The highest BCUT2D eigenvalue weighted by Gasteiger charge is 2.32. The summed E-state index contributed by atoms with van der Waals surface area (Å²) < 4.78 is 18.1. The lowest BCUT2D eigenvalue weighted by atomic mass is 9.83. The van der Waals surface area contributed by atoms with Crippen molar-refractivity contribution in [3.05, 3.63) is 245 Å². The second-order valence-corrected chi connectivity index (χ2v) is 14.6. The van der Waals surface area contributed by atoms with Gasteiger partial charge in [-0.25, -0.2) is 0 Å². The first-order valence-electron chi connectivity index (χ1n) is 20.0. The summed E-state index contributed by atoms with van der Waals surface area (Å²) in [6.45, 7) is 4.67. The summed E-state index contributed by atoms with van der Waals surface area (Å²) in [5, 5.41) is 11.7. The predicted molar refractivity (Wildman–Crippen MR) is 242 cm³/mol. The molecule has 1 atom stereocenters. The Kier molecular flexibility index (Phi) is 13.3. The standard InChI is InChI=1S/C28H26O2.C27H22O3/c1-21-12-9-10-18-25(21)28(2,29)26-19-11-17-24(23-15-7-4-8-16-23)27(26)30-20-22-13-5-3-6-14-22;1-29-25-18-9-8-15-23(25)26(28)24-17-10-16-22(21-13-6-3-7-14-21)27(24)30-19-20-11-4-2-5-12-20/h3-19,29H,20H2,1-2H3;2-18H,19H2,1H3. The Morgan fingerprint density at radius 3 is 1.48 bits per heavy atom. The van der Waals surface area contributed by atoms with E-state index in [1.807, 2.05) is 196 Å². The number of para-hydroxylation sites is 3. The summed E-state index contributed by atoms with van der Waals surface area (Å²) in [6, 6.07) is 67.0. The van der Waals surface area contributed by atoms with Gasteiger partial charge in [-0.05, 0) is 65.4 Å². The topological polar surface area (TPSA) is 65.0 Å². The molecular weight excluding hydrogens is 741 g/mol. The molecule has 5 nitrogen and oxygen atoms in total. The van der Waals surface area contributed by atoms with E-state index in [0.29, 0.717) is 41.6 Å². The summed E-state index contributed by atoms with van der Waals surface area (Å²) in [7, 11) is 1.57. The van der Waals surface area contributed by atoms with Crippen LogP contribution in [0.2, 0.25) is 0 Å². The molecular formula is C55H48O5. The Hall–Kier alpha value is -7.21. The van der Waals surface area contributed by atoms with E-state index in [1.165, 1.54) is 0 Å². The number of hydrogen-bond acceptors (Lipinski definition) is 5. The van der Waals surface area contributed by atoms with E-state index in [1.54, 1.807) is 19.2 Å². The Morgan fingerprint density at radius 1 is 0.483 bits per heavy atom. The molecule has 0 fully saturated rings. The SMILES string of the molecule is COc1ccccc1C(=O)c1cccc(-c2ccccc2)c1OCc1ccccc1.Cc1ccccc1C(C)(O)c1cccc(-c2ccccc2)c1OCc1ccccc1. The Bertz CT molecular complexity index is 2620. The lowest BCUT2D eigenvalue weighted by molar-refractivity contribution is 0.0968. The number of carbonyl (C=O) groups is 1. The number of methoxy groups -OCH3 is 1. The van der Waals surface area contributed by atoms with Crippen molar-refractivity contribution in [2.45, 2.75) is 32.7 Å². The van der Waals surface area contributed by atoms with Crippen LogP contribution in [0.15, 0.2) is 206 Å². The van der Waals surface area contributed by atoms with Gasteiger partial charge in [-0.1, -0.05) is 188 Å². The number of ketones is 1. The van der Waals surface area contributed by atoms with Gasteiger partial charge in [0.05, 0.1) is 18.2 Å². The zero-order valence-corrected chi connectivity index (χ0v) is 34.1. The van der Waals surface area contributed by atoms with Crippen molar-refractivity contribution in [2.24, 2.45) is 0 Å². The number of hydrogen-bond donors (Lipinski definition) is 1. The van der Waals surface area contributed by atoms with Crippen molar-refractivity contribution in [1.82, 2.24) is 0 Å². The van der Waals surface area contributed by atoms with Crippen molar-refractivity contribution >= 4 is 5.78 Å². The minimum atomic E-state index is -1.19. The Balaban J connectivity index is 0.000000181. The Labute approximate surface area is 353 Å². The third kappa shape index (κ3) is 9.56. The molecule has 60 heavy (non-hydrogen) atoms. The fourth-order valence-corrected chi connectivity index (χ4v) is 7.34. The van der Waals surface area contributed by atoms with E-state index in [4.69, 9.17) is 14.2 Å². The molecule has 8 aromatic rings. The highest BCUT2D eigenvalue weighted by atomic mass is 16.5. The van der Waals surface area contributed by atoms with Crippen LogP contribution in [0.25, 0.3) is 22.3 Å². The highest BCUT2D eigenvalue weighted by molar-refractivity contribution is 6.13. The van der Waals surface area contributed by atoms with Gasteiger partial charge in [0, 0.05) is 16.7 Å². The number of carbonyl (C=O) groups excluding carboxylic acids is 1. The molecule has 0 aliphatic carbocycles. The molecule has 8 aromatic carbocycles. The molecule has 0 spiro atoms. The van der Waals surface area contributed by atoms with Crippen molar-refractivity contribution in [1.29, 1.82) is 0 Å². The van der Waals surface area contributed by atoms with E-state index in [0.717, 1.165) is 50.1 Å². The summed E-state index contributed by atoms with van der Waals surface area (Å²) >= 11 is 0. The minimum Gasteiger partial charge on any atom is -0.496 e. The van der Waals surface area contributed by atoms with Crippen LogP contribution in [0.4, 0.5) is 0 Å². The summed E-state index contributed by atoms with van der Waals surface area (Å²) in [5.74, 6) is 1.69. The summed E-state index contributed by atoms with van der Waals surface area (Å²) in [6.07, 6.45) is 0. The maximum absolute atomic E-state index is 13.5. The monoisotopic (exact) mass is 788 g/mol. The molecule has 1 unspecified atom stereocenters. The smallest absolute Gasteiger partial charge is 0.200 e. The van der Waals surface area contributed by atoms with Crippen LogP contribution in [-0.2, 0) is 18.8 Å². The van der Waals surface area contributed by atoms with Gasteiger partial charge in [0.25, 0.3) is 0 Å². The molecule has 0 aliphatic rings. The lowest BCUT2D eigenvalue weighted by Crippen LogP contribution is -2.25. The van der Waals surface area contributed by atoms with Gasteiger partial charge in [-0.15, -0.1) is 0 Å². The van der Waals surface area contributed by atoms with Crippen LogP contribution in [0, 0.1) is 6.92 Å². The van der Waals surface area contributed by atoms with E-state index >= 15 is 0 Å². The van der Waals surface area contributed by atoms with Crippen LogP contribution in [0.1, 0.15) is 50.7 Å². The molecule has 8 rings (SSSR count). The van der Waals surface area contributed by atoms with Crippen molar-refractivity contribution in [2.75, 3.05) is 7.11 Å². The first kappa shape index (κ1) is 41.0. The zero-order valence-electron chi connectivity index (χ0n) is 34.1.